The van der Waals surface area contributed by atoms with E-state index in [9.17, 15) is 15.0 Å². The van der Waals surface area contributed by atoms with Crippen LogP contribution in [0.3, 0.4) is 0 Å². The summed E-state index contributed by atoms with van der Waals surface area (Å²) >= 11 is 1.67. The fraction of sp³-hybridized carbons (Fsp3) is 0.265. The van der Waals surface area contributed by atoms with Gasteiger partial charge in [0.05, 0.1) is 25.4 Å². The summed E-state index contributed by atoms with van der Waals surface area (Å²) in [6.07, 6.45) is -0.0159. The fourth-order valence-electron chi connectivity index (χ4n) is 4.90. The molecule has 4 aromatic rings. The quantitative estimate of drug-likeness (QED) is 0.191. The van der Waals surface area contributed by atoms with Crippen molar-refractivity contribution in [2.45, 2.75) is 38.1 Å². The topological polar surface area (TPSA) is 88.0 Å². The third-order valence-corrected chi connectivity index (χ3v) is 8.14. The van der Waals surface area contributed by atoms with Gasteiger partial charge in [-0.2, -0.15) is 11.8 Å². The van der Waals surface area contributed by atoms with Crippen LogP contribution in [0.2, 0.25) is 0 Å². The minimum atomic E-state index is -0.542. The van der Waals surface area contributed by atoms with E-state index in [1.54, 1.807) is 23.9 Å². The molecule has 0 saturated carbocycles. The first-order valence-corrected chi connectivity index (χ1v) is 15.0. The molecular formula is C34H35NO5S. The Bertz CT molecular complexity index is 1410. The summed E-state index contributed by atoms with van der Waals surface area (Å²) < 4.78 is 12.9. The van der Waals surface area contributed by atoms with Gasteiger partial charge in [-0.05, 0) is 52.1 Å². The molecule has 1 aliphatic rings. The van der Waals surface area contributed by atoms with Crippen molar-refractivity contribution >= 4 is 17.7 Å². The molecule has 5 rings (SSSR count). The molecule has 41 heavy (non-hydrogen) atoms. The van der Waals surface area contributed by atoms with Gasteiger partial charge < -0.3 is 25.0 Å². The molecule has 1 saturated heterocycles. The van der Waals surface area contributed by atoms with Crippen molar-refractivity contribution in [1.82, 2.24) is 5.32 Å². The second-order valence-electron chi connectivity index (χ2n) is 10.0. The average Bonchev–Trinajstić information content (AvgIpc) is 3.04. The van der Waals surface area contributed by atoms with Gasteiger partial charge in [-0.15, -0.1) is 0 Å². The van der Waals surface area contributed by atoms with E-state index >= 15 is 0 Å². The van der Waals surface area contributed by atoms with Crippen molar-refractivity contribution < 1.29 is 24.5 Å². The Morgan fingerprint density at radius 2 is 1.56 bits per heavy atom. The lowest BCUT2D eigenvalue weighted by Crippen LogP contribution is -2.31. The van der Waals surface area contributed by atoms with Crippen LogP contribution in [0.1, 0.15) is 51.4 Å². The lowest BCUT2D eigenvalue weighted by atomic mass is 9.99. The van der Waals surface area contributed by atoms with E-state index in [4.69, 9.17) is 9.47 Å². The zero-order valence-corrected chi connectivity index (χ0v) is 23.6. The summed E-state index contributed by atoms with van der Waals surface area (Å²) in [7, 11) is 0. The van der Waals surface area contributed by atoms with Gasteiger partial charge in [0.1, 0.15) is 0 Å². The van der Waals surface area contributed by atoms with Crippen molar-refractivity contribution in [3.05, 3.63) is 131 Å². The van der Waals surface area contributed by atoms with Crippen LogP contribution in [0.5, 0.6) is 0 Å². The van der Waals surface area contributed by atoms with Crippen LogP contribution in [0, 0.1) is 0 Å². The maximum atomic E-state index is 12.5. The van der Waals surface area contributed by atoms with Crippen molar-refractivity contribution in [1.29, 1.82) is 0 Å². The normalized spacial score (nSPS) is 18.6. The first-order chi connectivity index (χ1) is 20.1. The van der Waals surface area contributed by atoms with Gasteiger partial charge in [0, 0.05) is 35.6 Å². The van der Waals surface area contributed by atoms with E-state index in [1.807, 2.05) is 66.7 Å². The second kappa shape index (κ2) is 14.4. The zero-order valence-electron chi connectivity index (χ0n) is 22.8. The minimum Gasteiger partial charge on any atom is -0.396 e. The van der Waals surface area contributed by atoms with Crippen LogP contribution in [0.4, 0.5) is 0 Å². The van der Waals surface area contributed by atoms with Gasteiger partial charge in [-0.3, -0.25) is 4.79 Å². The Morgan fingerprint density at radius 3 is 2.32 bits per heavy atom. The molecule has 0 radical (unpaired) electrons. The van der Waals surface area contributed by atoms with Gasteiger partial charge in [0.2, 0.25) is 0 Å². The molecule has 1 fully saturated rings. The van der Waals surface area contributed by atoms with Crippen LogP contribution in [-0.4, -0.2) is 40.3 Å². The van der Waals surface area contributed by atoms with E-state index in [0.717, 1.165) is 39.1 Å². The molecule has 0 aromatic heterocycles. The molecule has 1 amide bonds. The van der Waals surface area contributed by atoms with E-state index in [-0.39, 0.29) is 31.3 Å². The Balaban J connectivity index is 1.32. The van der Waals surface area contributed by atoms with Gasteiger partial charge >= 0.3 is 0 Å². The number of carbonyl (C=O) groups excluding carboxylic acids is 1. The number of hydrogen-bond acceptors (Lipinski definition) is 6. The Hall–Kier alpha value is -3.46. The third kappa shape index (κ3) is 7.85. The monoisotopic (exact) mass is 569 g/mol. The summed E-state index contributed by atoms with van der Waals surface area (Å²) in [5.74, 6) is 1.33. The zero-order chi connectivity index (χ0) is 28.4. The van der Waals surface area contributed by atoms with Crippen molar-refractivity contribution in [2.24, 2.45) is 0 Å². The number of hydrogen-bond donors (Lipinski definition) is 3. The van der Waals surface area contributed by atoms with E-state index < -0.39 is 6.29 Å². The maximum absolute atomic E-state index is 12.5. The van der Waals surface area contributed by atoms with E-state index in [1.165, 1.54) is 0 Å². The molecule has 1 heterocycles. The number of carbonyl (C=O) groups is 1. The standard InChI is InChI=1S/C34H35NO5S/c36-16-17-41-23-31-20-32(26-14-12-24(22-37)13-15-26)40-34(39-31)30-11-5-10-29(19-30)28-9-4-6-25(18-28)21-35-33(38)27-7-2-1-3-8-27/h1-15,18-19,31-32,34,36-37H,16-17,20-23H2,(H,35,38)/t31-,32+,34+/m1/s1. The molecule has 0 unspecified atom stereocenters. The van der Waals surface area contributed by atoms with Gasteiger partial charge in [0.15, 0.2) is 6.29 Å². The van der Waals surface area contributed by atoms with Gasteiger partial charge in [0.25, 0.3) is 5.91 Å². The summed E-state index contributed by atoms with van der Waals surface area (Å²) in [4.78, 5) is 12.5. The smallest absolute Gasteiger partial charge is 0.251 e. The Morgan fingerprint density at radius 1 is 0.805 bits per heavy atom. The molecule has 0 aliphatic carbocycles. The first-order valence-electron chi connectivity index (χ1n) is 13.8. The highest BCUT2D eigenvalue weighted by molar-refractivity contribution is 7.99. The second-order valence-corrected chi connectivity index (χ2v) is 11.2. The molecule has 4 aromatic carbocycles. The largest absolute Gasteiger partial charge is 0.396 e. The average molecular weight is 570 g/mol. The Labute approximate surface area is 245 Å². The number of nitrogens with one attached hydrogen (secondary N) is 1. The molecular weight excluding hydrogens is 534 g/mol. The number of ether oxygens (including phenoxy) is 2. The lowest BCUT2D eigenvalue weighted by molar-refractivity contribution is -0.245. The highest BCUT2D eigenvalue weighted by atomic mass is 32.2. The maximum Gasteiger partial charge on any atom is 0.251 e. The van der Waals surface area contributed by atoms with Crippen LogP contribution < -0.4 is 5.32 Å². The molecule has 0 spiro atoms. The number of thioether (sulfide) groups is 1. The highest BCUT2D eigenvalue weighted by Gasteiger charge is 2.32. The predicted octanol–water partition coefficient (Wildman–Crippen LogP) is 6.05. The van der Waals surface area contributed by atoms with Crippen molar-refractivity contribution in [3.8, 4) is 11.1 Å². The van der Waals surface area contributed by atoms with Crippen LogP contribution in [0.25, 0.3) is 11.1 Å². The summed E-state index contributed by atoms with van der Waals surface area (Å²) in [5.41, 5.74) is 6.57. The van der Waals surface area contributed by atoms with Crippen LogP contribution in [-0.2, 0) is 22.6 Å². The van der Waals surface area contributed by atoms with Gasteiger partial charge in [-0.1, -0.05) is 78.9 Å². The van der Waals surface area contributed by atoms with E-state index in [0.29, 0.717) is 24.3 Å². The van der Waals surface area contributed by atoms with E-state index in [2.05, 4.69) is 29.6 Å². The predicted molar refractivity (Wildman–Crippen MR) is 162 cm³/mol. The van der Waals surface area contributed by atoms with Crippen LogP contribution >= 0.6 is 11.8 Å². The first kappa shape index (κ1) is 29.0. The minimum absolute atomic E-state index is 0.00531. The Kier molecular flexibility index (Phi) is 10.2. The number of aliphatic hydroxyl groups is 2. The third-order valence-electron chi connectivity index (χ3n) is 7.06. The van der Waals surface area contributed by atoms with Crippen molar-refractivity contribution in [2.75, 3.05) is 18.1 Å². The summed E-state index contributed by atoms with van der Waals surface area (Å²) in [6.45, 7) is 0.575. The van der Waals surface area contributed by atoms with Crippen molar-refractivity contribution in [3.63, 3.8) is 0 Å². The summed E-state index contributed by atoms with van der Waals surface area (Å²) in [5, 5.41) is 21.7. The molecule has 3 N–H and O–H groups in total. The van der Waals surface area contributed by atoms with Gasteiger partial charge in [-0.25, -0.2) is 0 Å². The molecule has 212 valence electrons. The molecule has 7 heteroatoms. The van der Waals surface area contributed by atoms with Crippen LogP contribution in [0.15, 0.2) is 103 Å². The molecule has 1 aliphatic heterocycles. The number of aliphatic hydroxyl groups excluding tert-OH is 2. The number of amides is 1. The highest BCUT2D eigenvalue weighted by Crippen LogP contribution is 2.39. The molecule has 0 bridgehead atoms. The molecule has 6 nitrogen and oxygen atoms in total. The molecule has 3 atom stereocenters. The number of benzene rings is 4. The summed E-state index contributed by atoms with van der Waals surface area (Å²) in [6, 6.07) is 33.4. The SMILES string of the molecule is O=C(NCc1cccc(-c2cccc([C@H]3O[C@@H](CSCCO)C[C@@H](c4ccc(CO)cc4)O3)c2)c1)c1ccccc1. The lowest BCUT2D eigenvalue weighted by Gasteiger charge is -2.36. The fourth-order valence-corrected chi connectivity index (χ4v) is 5.68. The number of rotatable bonds is 11.